The number of benzene rings is 1. The maximum Gasteiger partial charge on any atom is 0.446 e. The third-order valence-corrected chi connectivity index (χ3v) is 5.43. The number of fused-ring (bicyclic) bond motifs is 1. The van der Waals surface area contributed by atoms with E-state index in [1.54, 1.807) is 12.1 Å². The Morgan fingerprint density at radius 3 is 2.42 bits per heavy atom. The number of hydrogen-bond acceptors (Lipinski definition) is 8. The van der Waals surface area contributed by atoms with E-state index in [-0.39, 0.29) is 22.4 Å². The number of sulfonamides is 1. The van der Waals surface area contributed by atoms with Gasteiger partial charge in [-0.3, -0.25) is 9.52 Å². The van der Waals surface area contributed by atoms with Crippen LogP contribution in [0.5, 0.6) is 0 Å². The Morgan fingerprint density at radius 1 is 1.18 bits per heavy atom. The van der Waals surface area contributed by atoms with Crippen molar-refractivity contribution >= 4 is 51.0 Å². The highest BCUT2D eigenvalue weighted by Gasteiger charge is 2.25. The zero-order valence-corrected chi connectivity index (χ0v) is 20.4. The smallest absolute Gasteiger partial charge is 0.446 e. The molecular weight excluding hydrogens is 560 g/mol. The van der Waals surface area contributed by atoms with Crippen molar-refractivity contribution in [2.45, 2.75) is 6.18 Å². The number of nitrogens with one attached hydrogen (secondary N) is 1. The van der Waals surface area contributed by atoms with Crippen molar-refractivity contribution in [2.24, 2.45) is 0 Å². The molecule has 1 aromatic carbocycles. The minimum atomic E-state index is -4.64. The lowest BCUT2D eigenvalue weighted by Crippen LogP contribution is -2.10. The lowest BCUT2D eigenvalue weighted by molar-refractivity contribution is -0.156. The van der Waals surface area contributed by atoms with E-state index < -0.39 is 39.8 Å². The molecule has 0 bridgehead atoms. The van der Waals surface area contributed by atoms with Crippen molar-refractivity contribution in [3.05, 3.63) is 59.1 Å². The standard InChI is InChI=1S/C19H14ClFN6O4S.C2HF3O/c1-32(30,31)26-14-7-10(8-23-17(14)20)13-4-5-15-24-18(22)16(27(15)25-13)9-2-3-12(21)11(6-9)19(28)29;3-2(4,5)1-6/h2-8,26H,22H2,1H3,(H,28,29);1H. The van der Waals surface area contributed by atoms with Gasteiger partial charge in [0.1, 0.15) is 11.5 Å². The molecule has 0 amide bonds. The number of hydrogen-bond donors (Lipinski definition) is 3. The maximum atomic E-state index is 13.8. The van der Waals surface area contributed by atoms with Crippen LogP contribution >= 0.6 is 11.6 Å². The average Bonchev–Trinajstić information content (AvgIpc) is 3.14. The first-order chi connectivity index (χ1) is 17.6. The van der Waals surface area contributed by atoms with E-state index >= 15 is 0 Å². The Labute approximate surface area is 215 Å². The molecule has 0 saturated carbocycles. The number of carboxylic acid groups (broad SMARTS) is 1. The molecule has 0 atom stereocenters. The third-order valence-electron chi connectivity index (χ3n) is 4.54. The SMILES string of the molecule is CS(=O)(=O)Nc1cc(-c2ccc3nc(N)c(-c4ccc(F)c(C(=O)O)c4)n3n2)cnc1Cl.O=CC(F)(F)F. The number of carboxylic acids is 1. The summed E-state index contributed by atoms with van der Waals surface area (Å²) in [7, 11) is -3.59. The molecule has 0 spiro atoms. The maximum absolute atomic E-state index is 13.8. The average molecular weight is 575 g/mol. The summed E-state index contributed by atoms with van der Waals surface area (Å²) in [5, 5.41) is 13.7. The van der Waals surface area contributed by atoms with E-state index in [0.29, 0.717) is 22.5 Å². The van der Waals surface area contributed by atoms with Gasteiger partial charge in [-0.05, 0) is 36.4 Å². The third kappa shape index (κ3) is 6.71. The number of alkyl halides is 3. The number of carbonyl (C=O) groups is 2. The summed E-state index contributed by atoms with van der Waals surface area (Å²) in [6.07, 6.45) is -3.31. The van der Waals surface area contributed by atoms with Crippen molar-refractivity contribution < 1.29 is 40.7 Å². The zero-order chi connectivity index (χ0) is 28.4. The second kappa shape index (κ2) is 10.6. The zero-order valence-electron chi connectivity index (χ0n) is 18.9. The van der Waals surface area contributed by atoms with Crippen LogP contribution in [0, 0.1) is 5.82 Å². The van der Waals surface area contributed by atoms with E-state index in [2.05, 4.69) is 19.8 Å². The molecule has 0 aliphatic heterocycles. The second-order valence-electron chi connectivity index (χ2n) is 7.43. The summed E-state index contributed by atoms with van der Waals surface area (Å²) in [5.41, 5.74) is 7.31. The summed E-state index contributed by atoms with van der Waals surface area (Å²) in [6.45, 7) is 0. The second-order valence-corrected chi connectivity index (χ2v) is 9.54. The van der Waals surface area contributed by atoms with E-state index in [0.717, 1.165) is 18.4 Å². The van der Waals surface area contributed by atoms with Gasteiger partial charge in [-0.1, -0.05) is 11.6 Å². The molecule has 0 fully saturated rings. The predicted molar refractivity (Wildman–Crippen MR) is 129 cm³/mol. The van der Waals surface area contributed by atoms with Crippen LogP contribution in [0.25, 0.3) is 28.2 Å². The molecule has 4 N–H and O–H groups in total. The van der Waals surface area contributed by atoms with Crippen LogP contribution in [0.1, 0.15) is 10.4 Å². The normalized spacial score (nSPS) is 11.5. The molecular formula is C21H15ClF4N6O5S. The van der Waals surface area contributed by atoms with E-state index in [9.17, 15) is 35.9 Å². The van der Waals surface area contributed by atoms with Crippen molar-refractivity contribution in [1.82, 2.24) is 19.6 Å². The Bertz CT molecular complexity index is 1660. The van der Waals surface area contributed by atoms with Crippen LogP contribution in [-0.2, 0) is 14.8 Å². The first-order valence-corrected chi connectivity index (χ1v) is 12.2. The number of imidazole rings is 1. The number of aldehydes is 1. The molecule has 4 rings (SSSR count). The Morgan fingerprint density at radius 2 is 1.84 bits per heavy atom. The van der Waals surface area contributed by atoms with Crippen molar-refractivity contribution in [3.63, 3.8) is 0 Å². The van der Waals surface area contributed by atoms with Crippen LogP contribution in [0.4, 0.5) is 29.1 Å². The molecule has 17 heteroatoms. The first-order valence-electron chi connectivity index (χ1n) is 9.95. The molecule has 3 aromatic heterocycles. The highest BCUT2D eigenvalue weighted by molar-refractivity contribution is 7.92. The number of aromatic nitrogens is 4. The number of nitrogens with zero attached hydrogens (tertiary/aromatic N) is 4. The van der Waals surface area contributed by atoms with Crippen molar-refractivity contribution in [2.75, 3.05) is 16.7 Å². The van der Waals surface area contributed by atoms with Gasteiger partial charge in [0.2, 0.25) is 16.3 Å². The molecule has 0 aliphatic rings. The lowest BCUT2D eigenvalue weighted by Gasteiger charge is -2.09. The van der Waals surface area contributed by atoms with Gasteiger partial charge >= 0.3 is 12.1 Å². The summed E-state index contributed by atoms with van der Waals surface area (Å²) in [6, 6.07) is 8.23. The lowest BCUT2D eigenvalue weighted by atomic mass is 10.1. The Hall–Kier alpha value is -4.31. The van der Waals surface area contributed by atoms with E-state index in [1.165, 1.54) is 22.8 Å². The van der Waals surface area contributed by atoms with Gasteiger partial charge in [0.15, 0.2) is 16.6 Å². The highest BCUT2D eigenvalue weighted by Crippen LogP contribution is 2.31. The number of nitrogen functional groups attached to an aromatic ring is 1. The molecule has 0 radical (unpaired) electrons. The van der Waals surface area contributed by atoms with Crippen LogP contribution in [0.3, 0.4) is 0 Å². The molecule has 200 valence electrons. The molecule has 4 aromatic rings. The van der Waals surface area contributed by atoms with Crippen LogP contribution in [-0.4, -0.2) is 57.8 Å². The van der Waals surface area contributed by atoms with Gasteiger partial charge in [0.25, 0.3) is 0 Å². The summed E-state index contributed by atoms with van der Waals surface area (Å²) >= 11 is 5.98. The summed E-state index contributed by atoms with van der Waals surface area (Å²) in [5.74, 6) is -2.25. The molecule has 0 saturated heterocycles. The number of carbonyl (C=O) groups excluding carboxylic acids is 1. The van der Waals surface area contributed by atoms with Gasteiger partial charge in [-0.15, -0.1) is 0 Å². The van der Waals surface area contributed by atoms with E-state index in [1.807, 2.05) is 0 Å². The Balaban J connectivity index is 0.000000599. The minimum Gasteiger partial charge on any atom is -0.478 e. The number of aromatic carboxylic acids is 1. The minimum absolute atomic E-state index is 0.0414. The van der Waals surface area contributed by atoms with Crippen LogP contribution < -0.4 is 10.5 Å². The van der Waals surface area contributed by atoms with Gasteiger partial charge in [0, 0.05) is 17.3 Å². The number of nitrogens with two attached hydrogens (primary N) is 1. The van der Waals surface area contributed by atoms with Gasteiger partial charge in [0.05, 0.1) is 23.2 Å². The summed E-state index contributed by atoms with van der Waals surface area (Å²) < 4.78 is 71.9. The largest absolute Gasteiger partial charge is 0.478 e. The van der Waals surface area contributed by atoms with Gasteiger partial charge in [-0.2, -0.15) is 18.3 Å². The quantitative estimate of drug-likeness (QED) is 0.183. The fourth-order valence-electron chi connectivity index (χ4n) is 3.07. The number of halogens is 5. The van der Waals surface area contributed by atoms with Crippen LogP contribution in [0.2, 0.25) is 5.15 Å². The van der Waals surface area contributed by atoms with Crippen LogP contribution in [0.15, 0.2) is 42.6 Å². The van der Waals surface area contributed by atoms with E-state index in [4.69, 9.17) is 22.1 Å². The Kier molecular flexibility index (Phi) is 7.87. The van der Waals surface area contributed by atoms with Gasteiger partial charge < -0.3 is 10.8 Å². The summed E-state index contributed by atoms with van der Waals surface area (Å²) in [4.78, 5) is 28.2. The monoisotopic (exact) mass is 574 g/mol. The topological polar surface area (TPSA) is 170 Å². The predicted octanol–water partition coefficient (Wildman–Crippen LogP) is 3.65. The number of pyridine rings is 1. The molecule has 3 heterocycles. The molecule has 0 unspecified atom stereocenters. The molecule has 38 heavy (non-hydrogen) atoms. The fraction of sp³-hybridized carbons (Fsp3) is 0.0952. The number of rotatable bonds is 5. The first kappa shape index (κ1) is 28.3. The fourth-order valence-corrected chi connectivity index (χ4v) is 3.83. The van der Waals surface area contributed by atoms with Crippen molar-refractivity contribution in [1.29, 1.82) is 0 Å². The highest BCUT2D eigenvalue weighted by atomic mass is 35.5. The van der Waals surface area contributed by atoms with Crippen molar-refractivity contribution in [3.8, 4) is 22.5 Å². The number of anilines is 2. The van der Waals surface area contributed by atoms with Gasteiger partial charge in [-0.25, -0.2) is 32.1 Å². The molecule has 11 nitrogen and oxygen atoms in total. The molecule has 0 aliphatic carbocycles.